The highest BCUT2D eigenvalue weighted by molar-refractivity contribution is 6.07. The number of aliphatic hydroxyl groups excluding tert-OH is 1. The number of hydrogen-bond donors (Lipinski definition) is 3. The third kappa shape index (κ3) is 4.23. The van der Waals surface area contributed by atoms with Crippen LogP contribution >= 0.6 is 0 Å². The molecule has 2 fully saturated rings. The molecule has 0 aromatic heterocycles. The van der Waals surface area contributed by atoms with Gasteiger partial charge < -0.3 is 20.1 Å². The zero-order valence-corrected chi connectivity index (χ0v) is 16.9. The number of ether oxygens (including phenoxy) is 1. The van der Waals surface area contributed by atoms with Crippen molar-refractivity contribution in [3.05, 3.63) is 71.8 Å². The number of carbonyl (C=O) groups excluding carboxylic acids is 2. The number of imide groups is 1. The predicted octanol–water partition coefficient (Wildman–Crippen LogP) is -0.0476. The first-order valence-corrected chi connectivity index (χ1v) is 10.4. The normalized spacial score (nSPS) is 23.4. The second-order valence-electron chi connectivity index (χ2n) is 8.00. The molecule has 0 radical (unpaired) electrons. The standard InChI is InChI=1S/C23H27N3O4/c27-20(16-25-11-13-30-14-12-25)17-26-21(28)23(24-22(26)29,19-9-5-2-6-10-19)15-18-7-3-1-4-8-18/h1-10,20,27H,11-17H2,(H,24,29)/p+1/t20-,23-/m0/s1. The maximum atomic E-state index is 13.6. The van der Waals surface area contributed by atoms with Crippen LogP contribution in [0.2, 0.25) is 0 Å². The molecule has 2 saturated heterocycles. The maximum absolute atomic E-state index is 13.6. The average molecular weight is 410 g/mol. The summed E-state index contributed by atoms with van der Waals surface area (Å²) in [5.41, 5.74) is 0.517. The molecule has 7 heteroatoms. The summed E-state index contributed by atoms with van der Waals surface area (Å²) in [6.07, 6.45) is -0.430. The van der Waals surface area contributed by atoms with Crippen LogP contribution in [0.4, 0.5) is 4.79 Å². The molecule has 30 heavy (non-hydrogen) atoms. The SMILES string of the molecule is O=C1N[C@@](Cc2ccccc2)(c2ccccc2)C(=O)N1C[C@@H](O)C[NH+]1CCOCC1. The highest BCUT2D eigenvalue weighted by Gasteiger charge is 2.52. The van der Waals surface area contributed by atoms with Crippen molar-refractivity contribution < 1.29 is 24.3 Å². The number of quaternary nitrogens is 1. The summed E-state index contributed by atoms with van der Waals surface area (Å²) in [5.74, 6) is -0.321. The van der Waals surface area contributed by atoms with Gasteiger partial charge in [0.25, 0.3) is 5.91 Å². The van der Waals surface area contributed by atoms with E-state index >= 15 is 0 Å². The Hall–Kier alpha value is -2.74. The van der Waals surface area contributed by atoms with E-state index in [4.69, 9.17) is 4.74 Å². The molecule has 7 nitrogen and oxygen atoms in total. The summed E-state index contributed by atoms with van der Waals surface area (Å²) in [6, 6.07) is 18.5. The maximum Gasteiger partial charge on any atom is 0.325 e. The van der Waals surface area contributed by atoms with Gasteiger partial charge in [-0.25, -0.2) is 4.79 Å². The quantitative estimate of drug-likeness (QED) is 0.559. The molecule has 0 saturated carbocycles. The molecule has 0 spiro atoms. The van der Waals surface area contributed by atoms with Crippen LogP contribution in [0, 0.1) is 0 Å². The number of benzene rings is 2. The smallest absolute Gasteiger partial charge is 0.325 e. The van der Waals surface area contributed by atoms with E-state index in [0.29, 0.717) is 26.2 Å². The third-order valence-electron chi connectivity index (χ3n) is 5.87. The average Bonchev–Trinajstić information content (AvgIpc) is 3.01. The number of urea groups is 1. The number of carbonyl (C=O) groups is 2. The van der Waals surface area contributed by atoms with E-state index in [1.807, 2.05) is 60.7 Å². The van der Waals surface area contributed by atoms with Crippen molar-refractivity contribution >= 4 is 11.9 Å². The number of β-amino-alcohol motifs (C(OH)–C–C–N with tert-alkyl or cyclic N) is 1. The highest BCUT2D eigenvalue weighted by Crippen LogP contribution is 2.33. The predicted molar refractivity (Wildman–Crippen MR) is 111 cm³/mol. The van der Waals surface area contributed by atoms with E-state index in [-0.39, 0.29) is 12.5 Å². The Balaban J connectivity index is 1.56. The van der Waals surface area contributed by atoms with Crippen molar-refractivity contribution in [2.75, 3.05) is 39.4 Å². The monoisotopic (exact) mass is 410 g/mol. The number of nitrogens with zero attached hydrogens (tertiary/aromatic N) is 1. The lowest BCUT2D eigenvalue weighted by atomic mass is 9.83. The molecule has 2 heterocycles. The van der Waals surface area contributed by atoms with Crippen LogP contribution in [0.1, 0.15) is 11.1 Å². The summed E-state index contributed by atoms with van der Waals surface area (Å²) in [5, 5.41) is 13.5. The largest absolute Gasteiger partial charge is 0.385 e. The molecule has 0 unspecified atom stereocenters. The minimum absolute atomic E-state index is 0.0155. The minimum atomic E-state index is -1.18. The Labute approximate surface area is 176 Å². The Morgan fingerprint density at radius 2 is 1.67 bits per heavy atom. The van der Waals surface area contributed by atoms with Gasteiger partial charge in [-0.3, -0.25) is 9.69 Å². The molecule has 3 N–H and O–H groups in total. The molecule has 0 aliphatic carbocycles. The van der Waals surface area contributed by atoms with Crippen LogP contribution in [0.5, 0.6) is 0 Å². The number of amides is 3. The van der Waals surface area contributed by atoms with Crippen LogP contribution in [0.3, 0.4) is 0 Å². The zero-order chi connectivity index (χ0) is 21.0. The molecular weight excluding hydrogens is 382 g/mol. The minimum Gasteiger partial charge on any atom is -0.385 e. The van der Waals surface area contributed by atoms with Gasteiger partial charge in [0.15, 0.2) is 5.54 Å². The van der Waals surface area contributed by atoms with Gasteiger partial charge in [-0.2, -0.15) is 0 Å². The molecule has 2 aliphatic rings. The Bertz CT molecular complexity index is 871. The molecule has 2 aromatic carbocycles. The van der Waals surface area contributed by atoms with Gasteiger partial charge in [0, 0.05) is 6.42 Å². The Morgan fingerprint density at radius 3 is 2.33 bits per heavy atom. The lowest BCUT2D eigenvalue weighted by molar-refractivity contribution is -0.910. The van der Waals surface area contributed by atoms with Crippen molar-refractivity contribution in [2.24, 2.45) is 0 Å². The first-order chi connectivity index (χ1) is 14.6. The lowest BCUT2D eigenvalue weighted by Crippen LogP contribution is -3.15. The van der Waals surface area contributed by atoms with Crippen molar-refractivity contribution in [1.29, 1.82) is 0 Å². The molecular formula is C23H28N3O4+. The topological polar surface area (TPSA) is 83.3 Å². The zero-order valence-electron chi connectivity index (χ0n) is 16.9. The number of morpholine rings is 1. The molecule has 158 valence electrons. The molecule has 2 aliphatic heterocycles. The van der Waals surface area contributed by atoms with Crippen LogP contribution in [-0.2, 0) is 21.5 Å². The summed E-state index contributed by atoms with van der Waals surface area (Å²) in [4.78, 5) is 28.8. The molecule has 3 amide bonds. The van der Waals surface area contributed by atoms with Gasteiger partial charge >= 0.3 is 6.03 Å². The van der Waals surface area contributed by atoms with Crippen molar-refractivity contribution in [2.45, 2.75) is 18.1 Å². The number of nitrogens with one attached hydrogen (secondary N) is 2. The van der Waals surface area contributed by atoms with Crippen LogP contribution < -0.4 is 10.2 Å². The summed E-state index contributed by atoms with van der Waals surface area (Å²) < 4.78 is 5.35. The van der Waals surface area contributed by atoms with Crippen LogP contribution in [0.15, 0.2) is 60.7 Å². The Kier molecular flexibility index (Phi) is 6.13. The van der Waals surface area contributed by atoms with Gasteiger partial charge in [-0.15, -0.1) is 0 Å². The van der Waals surface area contributed by atoms with E-state index in [2.05, 4.69) is 5.32 Å². The van der Waals surface area contributed by atoms with E-state index in [9.17, 15) is 14.7 Å². The fourth-order valence-electron chi connectivity index (χ4n) is 4.31. The van der Waals surface area contributed by atoms with Crippen LogP contribution in [-0.4, -0.2) is 67.4 Å². The Morgan fingerprint density at radius 1 is 1.03 bits per heavy atom. The fourth-order valence-corrected chi connectivity index (χ4v) is 4.31. The summed E-state index contributed by atoms with van der Waals surface area (Å²) in [7, 11) is 0. The van der Waals surface area contributed by atoms with Gasteiger partial charge in [-0.05, 0) is 11.1 Å². The van der Waals surface area contributed by atoms with Crippen molar-refractivity contribution in [1.82, 2.24) is 10.2 Å². The molecule has 2 atom stereocenters. The second-order valence-corrected chi connectivity index (χ2v) is 8.00. The van der Waals surface area contributed by atoms with Gasteiger partial charge in [0.1, 0.15) is 25.7 Å². The fraction of sp³-hybridized carbons (Fsp3) is 0.391. The van der Waals surface area contributed by atoms with Gasteiger partial charge in [0.05, 0.1) is 19.8 Å². The highest BCUT2D eigenvalue weighted by atomic mass is 16.5. The summed E-state index contributed by atoms with van der Waals surface area (Å²) >= 11 is 0. The second kappa shape index (κ2) is 8.95. The van der Waals surface area contributed by atoms with E-state index in [1.54, 1.807) is 0 Å². The molecule has 4 rings (SSSR count). The number of aliphatic hydroxyl groups is 1. The number of hydrogen-bond acceptors (Lipinski definition) is 4. The van der Waals surface area contributed by atoms with E-state index in [1.165, 1.54) is 9.80 Å². The first-order valence-electron chi connectivity index (χ1n) is 10.4. The third-order valence-corrected chi connectivity index (χ3v) is 5.87. The molecule has 2 aromatic rings. The van der Waals surface area contributed by atoms with Crippen molar-refractivity contribution in [3.8, 4) is 0 Å². The first kappa shape index (κ1) is 20.5. The van der Waals surface area contributed by atoms with Crippen molar-refractivity contribution in [3.63, 3.8) is 0 Å². The number of rotatable bonds is 7. The van der Waals surface area contributed by atoms with E-state index in [0.717, 1.165) is 24.2 Å². The summed E-state index contributed by atoms with van der Waals surface area (Å²) in [6.45, 7) is 3.44. The molecule has 0 bridgehead atoms. The van der Waals surface area contributed by atoms with Gasteiger partial charge in [-0.1, -0.05) is 60.7 Å². The van der Waals surface area contributed by atoms with Gasteiger partial charge in [0.2, 0.25) is 0 Å². The lowest BCUT2D eigenvalue weighted by Gasteiger charge is -2.29. The van der Waals surface area contributed by atoms with Crippen LogP contribution in [0.25, 0.3) is 0 Å². The van der Waals surface area contributed by atoms with E-state index < -0.39 is 17.7 Å².